The molecule has 0 aliphatic rings. The predicted molar refractivity (Wildman–Crippen MR) is 65.4 cm³/mol. The third-order valence-electron chi connectivity index (χ3n) is 2.81. The van der Waals surface area contributed by atoms with E-state index in [2.05, 4.69) is 5.32 Å². The fourth-order valence-corrected chi connectivity index (χ4v) is 1.54. The maximum absolute atomic E-state index is 10.9. The normalized spacial score (nSPS) is 19.8. The van der Waals surface area contributed by atoms with Crippen molar-refractivity contribution in [1.29, 1.82) is 0 Å². The third kappa shape index (κ3) is 5.81. The number of aliphatic carboxylic acids is 1. The molecule has 0 radical (unpaired) electrons. The quantitative estimate of drug-likeness (QED) is 0.238. The second-order valence-corrected chi connectivity index (χ2v) is 4.77. The van der Waals surface area contributed by atoms with Crippen LogP contribution in [0.2, 0.25) is 0 Å². The van der Waals surface area contributed by atoms with Crippen molar-refractivity contribution in [1.82, 2.24) is 5.32 Å². The molecule has 0 aliphatic carbocycles. The molecule has 0 saturated heterocycles. The Hall–Kier alpha value is -0.770. The van der Waals surface area contributed by atoms with Gasteiger partial charge < -0.3 is 36.0 Å². The van der Waals surface area contributed by atoms with Crippen molar-refractivity contribution in [2.75, 3.05) is 13.2 Å². The van der Waals surface area contributed by atoms with E-state index in [1.807, 2.05) is 0 Å². The monoisotopic (exact) mass is 281 g/mol. The van der Waals surface area contributed by atoms with E-state index < -0.39 is 43.0 Å². The van der Waals surface area contributed by atoms with E-state index in [0.29, 0.717) is 0 Å². The minimum atomic E-state index is -1.72. The van der Waals surface area contributed by atoms with E-state index in [1.165, 1.54) is 0 Å². The van der Waals surface area contributed by atoms with E-state index in [9.17, 15) is 20.1 Å². The van der Waals surface area contributed by atoms with E-state index in [-0.39, 0.29) is 12.5 Å². The van der Waals surface area contributed by atoms with Crippen LogP contribution in [0.3, 0.4) is 0 Å². The first-order valence-corrected chi connectivity index (χ1v) is 6.01. The van der Waals surface area contributed by atoms with Gasteiger partial charge in [-0.1, -0.05) is 13.8 Å². The molecule has 0 bridgehead atoms. The second-order valence-electron chi connectivity index (χ2n) is 4.77. The van der Waals surface area contributed by atoms with Crippen LogP contribution < -0.4 is 5.32 Å². The number of carboxylic acid groups (broad SMARTS) is 1. The first-order chi connectivity index (χ1) is 8.72. The molecular formula is C11H23NO7. The topological polar surface area (TPSA) is 150 Å². The molecule has 0 spiro atoms. The number of carbonyl (C=O) groups is 1. The lowest BCUT2D eigenvalue weighted by Crippen LogP contribution is -2.52. The molecule has 0 aromatic heterocycles. The lowest BCUT2D eigenvalue weighted by atomic mass is 10.0. The van der Waals surface area contributed by atoms with Crippen LogP contribution in [0.4, 0.5) is 0 Å². The molecule has 0 saturated carbocycles. The van der Waals surface area contributed by atoms with Crippen LogP contribution >= 0.6 is 0 Å². The summed E-state index contributed by atoms with van der Waals surface area (Å²) in [4.78, 5) is 10.9. The van der Waals surface area contributed by atoms with Gasteiger partial charge in [0.2, 0.25) is 0 Å². The smallest absolute Gasteiger partial charge is 0.320 e. The Labute approximate surface area is 111 Å². The van der Waals surface area contributed by atoms with Crippen molar-refractivity contribution >= 4 is 5.97 Å². The molecule has 0 aromatic carbocycles. The number of rotatable bonds is 9. The van der Waals surface area contributed by atoms with Gasteiger partial charge in [0.1, 0.15) is 24.4 Å². The molecule has 0 fully saturated rings. The second kappa shape index (κ2) is 8.41. The highest BCUT2D eigenvalue weighted by atomic mass is 16.4. The van der Waals surface area contributed by atoms with Crippen LogP contribution in [0.15, 0.2) is 0 Å². The van der Waals surface area contributed by atoms with Crippen LogP contribution in [0.25, 0.3) is 0 Å². The van der Waals surface area contributed by atoms with Crippen molar-refractivity contribution in [2.45, 2.75) is 44.3 Å². The van der Waals surface area contributed by atoms with Gasteiger partial charge in [-0.25, -0.2) is 0 Å². The fraction of sp³-hybridized carbons (Fsp3) is 0.909. The summed E-state index contributed by atoms with van der Waals surface area (Å²) in [5.74, 6) is -1.32. The Bertz CT molecular complexity index is 274. The van der Waals surface area contributed by atoms with Crippen LogP contribution in [0.5, 0.6) is 0 Å². The van der Waals surface area contributed by atoms with Gasteiger partial charge in [-0.2, -0.15) is 0 Å². The zero-order chi connectivity index (χ0) is 15.2. The summed E-state index contributed by atoms with van der Waals surface area (Å²) in [7, 11) is 0. The number of nitrogens with one attached hydrogen (secondary N) is 1. The highest BCUT2D eigenvalue weighted by Gasteiger charge is 2.31. The summed E-state index contributed by atoms with van der Waals surface area (Å²) in [6.07, 6.45) is -6.47. The highest BCUT2D eigenvalue weighted by molar-refractivity contribution is 5.73. The van der Waals surface area contributed by atoms with Gasteiger partial charge in [0, 0.05) is 6.54 Å². The Morgan fingerprint density at radius 1 is 1.05 bits per heavy atom. The van der Waals surface area contributed by atoms with E-state index in [4.69, 9.17) is 15.3 Å². The number of aliphatic hydroxyl groups is 5. The van der Waals surface area contributed by atoms with Gasteiger partial charge in [-0.3, -0.25) is 4.79 Å². The van der Waals surface area contributed by atoms with Gasteiger partial charge in [0.25, 0.3) is 0 Å². The minimum absolute atomic E-state index is 0.227. The Morgan fingerprint density at radius 3 is 1.89 bits per heavy atom. The molecule has 19 heavy (non-hydrogen) atoms. The van der Waals surface area contributed by atoms with Gasteiger partial charge in [-0.05, 0) is 5.92 Å². The third-order valence-corrected chi connectivity index (χ3v) is 2.81. The predicted octanol–water partition coefficient (Wildman–Crippen LogP) is -2.88. The zero-order valence-electron chi connectivity index (χ0n) is 11.0. The van der Waals surface area contributed by atoms with Crippen molar-refractivity contribution in [3.63, 3.8) is 0 Å². The molecule has 0 amide bonds. The molecule has 8 nitrogen and oxygen atoms in total. The average molecular weight is 281 g/mol. The molecule has 0 aromatic rings. The van der Waals surface area contributed by atoms with Crippen LogP contribution in [-0.4, -0.2) is 80.2 Å². The molecule has 1 unspecified atom stereocenters. The summed E-state index contributed by atoms with van der Waals surface area (Å²) in [6.45, 7) is 2.32. The molecule has 7 N–H and O–H groups in total. The van der Waals surface area contributed by atoms with Crippen LogP contribution in [-0.2, 0) is 4.79 Å². The van der Waals surface area contributed by atoms with Gasteiger partial charge in [0.15, 0.2) is 0 Å². The fourth-order valence-electron chi connectivity index (χ4n) is 1.54. The number of aliphatic hydroxyl groups excluding tert-OH is 5. The summed E-state index contributed by atoms with van der Waals surface area (Å²) in [5.41, 5.74) is 0. The molecular weight excluding hydrogens is 258 g/mol. The highest BCUT2D eigenvalue weighted by Crippen LogP contribution is 2.06. The van der Waals surface area contributed by atoms with Crippen LogP contribution in [0.1, 0.15) is 13.8 Å². The maximum atomic E-state index is 10.9. The van der Waals surface area contributed by atoms with Crippen LogP contribution in [0, 0.1) is 5.92 Å². The zero-order valence-corrected chi connectivity index (χ0v) is 11.0. The molecule has 8 heteroatoms. The minimum Gasteiger partial charge on any atom is -0.480 e. The molecule has 0 rings (SSSR count). The molecule has 114 valence electrons. The Kier molecular flexibility index (Phi) is 8.07. The Morgan fingerprint density at radius 2 is 1.53 bits per heavy atom. The van der Waals surface area contributed by atoms with Gasteiger partial charge in [-0.15, -0.1) is 0 Å². The molecule has 5 atom stereocenters. The van der Waals surface area contributed by atoms with E-state index in [0.717, 1.165) is 0 Å². The first-order valence-electron chi connectivity index (χ1n) is 6.01. The van der Waals surface area contributed by atoms with E-state index >= 15 is 0 Å². The largest absolute Gasteiger partial charge is 0.480 e. The summed E-state index contributed by atoms with van der Waals surface area (Å²) in [6, 6.07) is -0.901. The number of hydrogen-bond acceptors (Lipinski definition) is 7. The number of carboxylic acids is 1. The van der Waals surface area contributed by atoms with Crippen molar-refractivity contribution in [3.05, 3.63) is 0 Å². The van der Waals surface area contributed by atoms with Gasteiger partial charge >= 0.3 is 5.97 Å². The average Bonchev–Trinajstić information content (AvgIpc) is 2.34. The molecule has 0 aliphatic heterocycles. The lowest BCUT2D eigenvalue weighted by Gasteiger charge is -2.27. The summed E-state index contributed by atoms with van der Waals surface area (Å²) in [5, 5.41) is 57.6. The van der Waals surface area contributed by atoms with Gasteiger partial charge in [0.05, 0.1) is 12.7 Å². The SMILES string of the molecule is CC(C)C(NC[C@H](O)[C@@H](O)[C@H](O)[C@H](O)CO)C(=O)O. The lowest BCUT2D eigenvalue weighted by molar-refractivity contribution is -0.141. The maximum Gasteiger partial charge on any atom is 0.320 e. The van der Waals surface area contributed by atoms with E-state index in [1.54, 1.807) is 13.8 Å². The van der Waals surface area contributed by atoms with Crippen molar-refractivity contribution < 1.29 is 35.4 Å². The first kappa shape index (κ1) is 18.2. The van der Waals surface area contributed by atoms with Crippen molar-refractivity contribution in [3.8, 4) is 0 Å². The summed E-state index contributed by atoms with van der Waals surface area (Å²) >= 11 is 0. The van der Waals surface area contributed by atoms with Crippen molar-refractivity contribution in [2.24, 2.45) is 5.92 Å². The standard InChI is InChI=1S/C11H23NO7/c1-5(2)8(11(18)19)12-3-6(14)9(16)10(17)7(15)4-13/h5-10,12-17H,3-4H2,1-2H3,(H,18,19)/t6-,7+,8?,9+,10+/m0/s1. The number of hydrogen-bond donors (Lipinski definition) is 7. The molecule has 0 heterocycles. The Balaban J connectivity index is 4.36. The summed E-state index contributed by atoms with van der Waals surface area (Å²) < 4.78 is 0.